The van der Waals surface area contributed by atoms with Gasteiger partial charge in [-0.3, -0.25) is 4.79 Å². The van der Waals surface area contributed by atoms with Gasteiger partial charge in [-0.25, -0.2) is 9.78 Å². The first-order valence-electron chi connectivity index (χ1n) is 12.9. The summed E-state index contributed by atoms with van der Waals surface area (Å²) in [4.78, 5) is 35.8. The first-order valence-corrected chi connectivity index (χ1v) is 12.9. The fraction of sp³-hybridized carbons (Fsp3) is 0.536. The van der Waals surface area contributed by atoms with Gasteiger partial charge in [0.15, 0.2) is 0 Å². The number of hydroxylamine groups is 2. The molecule has 2 heterocycles. The van der Waals surface area contributed by atoms with Gasteiger partial charge in [-0.05, 0) is 81.9 Å². The number of rotatable bonds is 11. The molecule has 8 nitrogen and oxygen atoms in total. The number of aromatic nitrogens is 1. The summed E-state index contributed by atoms with van der Waals surface area (Å²) in [6.45, 7) is 4.20. The number of nitrogens with zero attached hydrogens (tertiary/aromatic N) is 2. The Bertz CT molecular complexity index is 1050. The number of fused-ring (bicyclic) bond motifs is 1. The van der Waals surface area contributed by atoms with Crippen molar-refractivity contribution in [3.8, 4) is 0 Å². The zero-order valence-corrected chi connectivity index (χ0v) is 21.2. The number of aliphatic hydroxyl groups is 1. The van der Waals surface area contributed by atoms with E-state index in [-0.39, 0.29) is 19.1 Å². The van der Waals surface area contributed by atoms with Crippen molar-refractivity contribution in [2.45, 2.75) is 76.3 Å². The largest absolute Gasteiger partial charge is 0.480 e. The van der Waals surface area contributed by atoms with Gasteiger partial charge in [0.05, 0.1) is 5.41 Å². The topological polar surface area (TPSA) is 112 Å². The summed E-state index contributed by atoms with van der Waals surface area (Å²) in [6.07, 6.45) is 5.45. The third-order valence-electron chi connectivity index (χ3n) is 7.52. The van der Waals surface area contributed by atoms with E-state index < -0.39 is 23.4 Å². The number of pyridine rings is 1. The first-order chi connectivity index (χ1) is 17.3. The van der Waals surface area contributed by atoms with E-state index in [9.17, 15) is 19.8 Å². The van der Waals surface area contributed by atoms with Gasteiger partial charge in [0.2, 0.25) is 0 Å². The molecule has 2 aromatic rings. The van der Waals surface area contributed by atoms with Crippen LogP contribution < -0.4 is 5.32 Å². The zero-order chi connectivity index (χ0) is 25.7. The second kappa shape index (κ2) is 11.4. The molecule has 1 fully saturated rings. The van der Waals surface area contributed by atoms with E-state index in [0.717, 1.165) is 62.1 Å². The molecular weight excluding hydrogens is 458 g/mol. The van der Waals surface area contributed by atoms with E-state index in [1.165, 1.54) is 10.6 Å². The molecule has 194 valence electrons. The molecule has 1 aromatic carbocycles. The average molecular weight is 496 g/mol. The van der Waals surface area contributed by atoms with Gasteiger partial charge in [-0.1, -0.05) is 36.4 Å². The van der Waals surface area contributed by atoms with Crippen molar-refractivity contribution in [1.29, 1.82) is 0 Å². The second-order valence-corrected chi connectivity index (χ2v) is 10.5. The van der Waals surface area contributed by atoms with Gasteiger partial charge < -0.3 is 20.4 Å². The number of hydrogen-bond donors (Lipinski definition) is 3. The molecule has 0 unspecified atom stereocenters. The lowest BCUT2D eigenvalue weighted by Gasteiger charge is -2.44. The lowest BCUT2D eigenvalue weighted by Crippen LogP contribution is -2.55. The molecule has 0 radical (unpaired) electrons. The molecule has 2 aliphatic rings. The minimum atomic E-state index is -1.11. The van der Waals surface area contributed by atoms with Crippen LogP contribution in [0.4, 0.5) is 5.82 Å². The van der Waals surface area contributed by atoms with Crippen LogP contribution in [0.2, 0.25) is 0 Å². The molecular formula is C28H37N3O5. The van der Waals surface area contributed by atoms with Gasteiger partial charge in [0.25, 0.3) is 0 Å². The minimum absolute atomic E-state index is 0.0123. The highest BCUT2D eigenvalue weighted by Gasteiger charge is 2.44. The third-order valence-corrected chi connectivity index (χ3v) is 7.52. The van der Waals surface area contributed by atoms with Gasteiger partial charge in [0.1, 0.15) is 11.9 Å². The van der Waals surface area contributed by atoms with E-state index in [0.29, 0.717) is 5.92 Å². The Labute approximate surface area is 212 Å². The number of carbonyl (C=O) groups is 2. The molecule has 1 aromatic heterocycles. The van der Waals surface area contributed by atoms with Crippen LogP contribution in [-0.4, -0.2) is 57.4 Å². The molecule has 3 N–H and O–H groups in total. The van der Waals surface area contributed by atoms with Crippen molar-refractivity contribution in [2.24, 2.45) is 5.92 Å². The molecule has 4 rings (SSSR count). The Hall–Kier alpha value is -2.97. The maximum Gasteiger partial charge on any atom is 0.334 e. The summed E-state index contributed by atoms with van der Waals surface area (Å²) in [6, 6.07) is 12.3. The zero-order valence-electron chi connectivity index (χ0n) is 21.2. The van der Waals surface area contributed by atoms with E-state index in [1.54, 1.807) is 13.8 Å². The molecule has 0 amide bonds. The van der Waals surface area contributed by atoms with Crippen LogP contribution in [0.3, 0.4) is 0 Å². The van der Waals surface area contributed by atoms with E-state index in [2.05, 4.69) is 17.4 Å². The SMILES string of the molecule is CC(C)(C(=O)ON(C1CC(CCc2ccc3c(n2)NCCC3)C1)[C@@H](CCO)C(=O)O)c1ccccc1. The third kappa shape index (κ3) is 5.87. The molecule has 1 aliphatic carbocycles. The van der Waals surface area contributed by atoms with Crippen LogP contribution in [0.1, 0.15) is 62.8 Å². The van der Waals surface area contributed by atoms with Crippen molar-refractivity contribution >= 4 is 17.8 Å². The Kier molecular flexibility index (Phi) is 8.26. The monoisotopic (exact) mass is 495 g/mol. The summed E-state index contributed by atoms with van der Waals surface area (Å²) in [5.74, 6) is -0.221. The molecule has 0 spiro atoms. The fourth-order valence-electron chi connectivity index (χ4n) is 5.06. The maximum atomic E-state index is 13.2. The standard InChI is InChI=1S/C28H37N3O5/c1-28(2,21-8-4-3-5-9-21)27(35)36-31(24(14-16-32)26(33)34)23-17-19(18-23)10-12-22-13-11-20-7-6-15-29-25(20)30-22/h3-5,8-9,11,13,19,23-24,32H,6-7,10,12,14-18H2,1-2H3,(H,29,30)(H,33,34)/t19?,23?,24-/m0/s1. The highest BCUT2D eigenvalue weighted by molar-refractivity contribution is 5.82. The number of hydrogen-bond acceptors (Lipinski definition) is 7. The van der Waals surface area contributed by atoms with Crippen LogP contribution in [0.5, 0.6) is 0 Å². The van der Waals surface area contributed by atoms with Crippen molar-refractivity contribution < 1.29 is 24.6 Å². The predicted molar refractivity (Wildman–Crippen MR) is 136 cm³/mol. The minimum Gasteiger partial charge on any atom is -0.480 e. The highest BCUT2D eigenvalue weighted by Crippen LogP contribution is 2.38. The Morgan fingerprint density at radius 3 is 2.64 bits per heavy atom. The van der Waals surface area contributed by atoms with E-state index in [4.69, 9.17) is 9.82 Å². The summed E-state index contributed by atoms with van der Waals surface area (Å²) < 4.78 is 0. The van der Waals surface area contributed by atoms with E-state index >= 15 is 0 Å². The first kappa shape index (κ1) is 26.1. The maximum absolute atomic E-state index is 13.2. The highest BCUT2D eigenvalue weighted by atomic mass is 16.7. The lowest BCUT2D eigenvalue weighted by atomic mass is 9.76. The summed E-state index contributed by atoms with van der Waals surface area (Å²) in [5.41, 5.74) is 2.18. The number of nitrogens with one attached hydrogen (secondary N) is 1. The molecule has 0 bridgehead atoms. The predicted octanol–water partition coefficient (Wildman–Crippen LogP) is 3.72. The second-order valence-electron chi connectivity index (χ2n) is 10.5. The molecule has 36 heavy (non-hydrogen) atoms. The number of benzene rings is 1. The number of anilines is 1. The van der Waals surface area contributed by atoms with Crippen molar-refractivity contribution in [3.63, 3.8) is 0 Å². The smallest absolute Gasteiger partial charge is 0.334 e. The number of carboxylic acids is 1. The number of carbonyl (C=O) groups excluding carboxylic acids is 1. The van der Waals surface area contributed by atoms with Crippen LogP contribution >= 0.6 is 0 Å². The van der Waals surface area contributed by atoms with E-state index in [1.807, 2.05) is 30.3 Å². The fourth-order valence-corrected chi connectivity index (χ4v) is 5.06. The molecule has 0 saturated heterocycles. The molecule has 1 atom stereocenters. The van der Waals surface area contributed by atoms with Crippen molar-refractivity contribution in [1.82, 2.24) is 10.0 Å². The summed E-state index contributed by atoms with van der Waals surface area (Å²) in [5, 5.41) is 24.0. The van der Waals surface area contributed by atoms with Gasteiger partial charge in [-0.15, -0.1) is 5.06 Å². The molecule has 8 heteroatoms. The van der Waals surface area contributed by atoms with Gasteiger partial charge in [-0.2, -0.15) is 0 Å². The van der Waals surface area contributed by atoms with Gasteiger partial charge in [0, 0.05) is 24.9 Å². The molecule has 1 aliphatic heterocycles. The van der Waals surface area contributed by atoms with Crippen molar-refractivity contribution in [2.75, 3.05) is 18.5 Å². The summed E-state index contributed by atoms with van der Waals surface area (Å²) >= 11 is 0. The van der Waals surface area contributed by atoms with Crippen LogP contribution in [0.15, 0.2) is 42.5 Å². The van der Waals surface area contributed by atoms with Crippen LogP contribution in [0, 0.1) is 5.92 Å². The summed E-state index contributed by atoms with van der Waals surface area (Å²) in [7, 11) is 0. The van der Waals surface area contributed by atoms with Gasteiger partial charge >= 0.3 is 11.9 Å². The Morgan fingerprint density at radius 2 is 1.94 bits per heavy atom. The van der Waals surface area contributed by atoms with Crippen LogP contribution in [-0.2, 0) is 32.7 Å². The number of aliphatic hydroxyl groups excluding tert-OH is 1. The lowest BCUT2D eigenvalue weighted by molar-refractivity contribution is -0.237. The van der Waals surface area contributed by atoms with Crippen molar-refractivity contribution in [3.05, 3.63) is 59.3 Å². The number of aliphatic carboxylic acids is 1. The Balaban J connectivity index is 1.39. The number of aryl methyl sites for hydroxylation is 2. The normalized spacial score (nSPS) is 20.1. The molecule has 1 saturated carbocycles. The Morgan fingerprint density at radius 1 is 1.19 bits per heavy atom. The number of carboxylic acid groups (broad SMARTS) is 1. The quantitative estimate of drug-likeness (QED) is 0.405. The average Bonchev–Trinajstić information content (AvgIpc) is 2.85. The van der Waals surface area contributed by atoms with Crippen LogP contribution in [0.25, 0.3) is 0 Å².